The highest BCUT2D eigenvalue weighted by Crippen LogP contribution is 2.20. The molecule has 1 unspecified atom stereocenters. The van der Waals surface area contributed by atoms with Crippen molar-refractivity contribution >= 4 is 5.97 Å². The van der Waals surface area contributed by atoms with Gasteiger partial charge >= 0.3 is 5.97 Å². The van der Waals surface area contributed by atoms with Crippen LogP contribution in [0, 0.1) is 13.8 Å². The molecule has 0 aliphatic heterocycles. The van der Waals surface area contributed by atoms with E-state index >= 15 is 0 Å². The van der Waals surface area contributed by atoms with Gasteiger partial charge in [0.05, 0.1) is 7.11 Å². The third kappa shape index (κ3) is 4.65. The Morgan fingerprint density at radius 1 is 1.37 bits per heavy atom. The summed E-state index contributed by atoms with van der Waals surface area (Å²) in [5.41, 5.74) is 3.23. The third-order valence-corrected chi connectivity index (χ3v) is 3.09. The Morgan fingerprint density at radius 2 is 2.05 bits per heavy atom. The minimum absolute atomic E-state index is 0.243. The Morgan fingerprint density at radius 3 is 2.63 bits per heavy atom. The lowest BCUT2D eigenvalue weighted by Crippen LogP contribution is -2.35. The molecule has 0 aliphatic rings. The molecule has 106 valence electrons. The van der Waals surface area contributed by atoms with Gasteiger partial charge in [-0.15, -0.1) is 0 Å². The van der Waals surface area contributed by atoms with Gasteiger partial charge in [-0.25, -0.2) is 4.79 Å². The monoisotopic (exact) mass is 264 g/mol. The molecule has 0 bridgehead atoms. The highest BCUT2D eigenvalue weighted by atomic mass is 16.5. The summed E-state index contributed by atoms with van der Waals surface area (Å²) in [7, 11) is 5.44. The van der Waals surface area contributed by atoms with E-state index in [1.807, 2.05) is 46.1 Å². The maximum atomic E-state index is 12.0. The summed E-state index contributed by atoms with van der Waals surface area (Å²) in [6.07, 6.45) is 0. The summed E-state index contributed by atoms with van der Waals surface area (Å²) < 4.78 is 4.90. The number of aryl methyl sites for hydroxylation is 2. The number of hydrogen-bond donors (Lipinski definition) is 1. The molecule has 0 saturated heterocycles. The van der Waals surface area contributed by atoms with E-state index in [2.05, 4.69) is 10.2 Å². The third-order valence-electron chi connectivity index (χ3n) is 3.09. The second-order valence-corrected chi connectivity index (χ2v) is 5.07. The molecular weight excluding hydrogens is 240 g/mol. The van der Waals surface area contributed by atoms with Crippen molar-refractivity contribution in [2.24, 2.45) is 0 Å². The Kier molecular flexibility index (Phi) is 5.99. The molecule has 0 heterocycles. The average Bonchev–Trinajstić information content (AvgIpc) is 2.37. The number of nitrogens with one attached hydrogen (secondary N) is 1. The number of rotatable bonds is 6. The van der Waals surface area contributed by atoms with Crippen molar-refractivity contribution in [2.45, 2.75) is 19.9 Å². The quantitative estimate of drug-likeness (QED) is 0.794. The molecule has 1 aromatic carbocycles. The molecule has 1 rings (SSSR count). The van der Waals surface area contributed by atoms with Crippen molar-refractivity contribution in [1.29, 1.82) is 0 Å². The van der Waals surface area contributed by atoms with Crippen molar-refractivity contribution in [3.63, 3.8) is 0 Å². The van der Waals surface area contributed by atoms with Gasteiger partial charge in [0.25, 0.3) is 0 Å². The SMILES string of the molecule is COC(=O)C(NCCN(C)C)c1cc(C)ccc1C. The van der Waals surface area contributed by atoms with Crippen molar-refractivity contribution in [3.8, 4) is 0 Å². The Bertz CT molecular complexity index is 430. The summed E-state index contributed by atoms with van der Waals surface area (Å²) in [5, 5.41) is 3.27. The van der Waals surface area contributed by atoms with E-state index in [4.69, 9.17) is 4.74 Å². The lowest BCUT2D eigenvalue weighted by molar-refractivity contribution is -0.143. The molecule has 0 fully saturated rings. The molecule has 0 spiro atoms. The lowest BCUT2D eigenvalue weighted by atomic mass is 9.99. The summed E-state index contributed by atoms with van der Waals surface area (Å²) >= 11 is 0. The lowest BCUT2D eigenvalue weighted by Gasteiger charge is -2.20. The van der Waals surface area contributed by atoms with Gasteiger partial charge in [-0.3, -0.25) is 5.32 Å². The maximum Gasteiger partial charge on any atom is 0.327 e. The largest absolute Gasteiger partial charge is 0.468 e. The molecule has 1 atom stereocenters. The fraction of sp³-hybridized carbons (Fsp3) is 0.533. The van der Waals surface area contributed by atoms with Gasteiger partial charge in [0, 0.05) is 13.1 Å². The van der Waals surface area contributed by atoms with E-state index < -0.39 is 6.04 Å². The van der Waals surface area contributed by atoms with Crippen LogP contribution in [0.4, 0.5) is 0 Å². The predicted molar refractivity (Wildman–Crippen MR) is 77.2 cm³/mol. The molecule has 0 aliphatic carbocycles. The van der Waals surface area contributed by atoms with Gasteiger partial charge in [-0.05, 0) is 39.1 Å². The van der Waals surface area contributed by atoms with Crippen LogP contribution in [0.1, 0.15) is 22.7 Å². The first kappa shape index (κ1) is 15.7. The molecule has 19 heavy (non-hydrogen) atoms. The maximum absolute atomic E-state index is 12.0. The number of esters is 1. The van der Waals surface area contributed by atoms with Crippen LogP contribution in [0.3, 0.4) is 0 Å². The molecule has 0 amide bonds. The van der Waals surface area contributed by atoms with Gasteiger partial charge in [0.15, 0.2) is 0 Å². The van der Waals surface area contributed by atoms with Gasteiger partial charge in [-0.1, -0.05) is 23.8 Å². The van der Waals surface area contributed by atoms with E-state index in [0.717, 1.165) is 29.8 Å². The van der Waals surface area contributed by atoms with Gasteiger partial charge in [-0.2, -0.15) is 0 Å². The number of hydrogen-bond acceptors (Lipinski definition) is 4. The number of carbonyl (C=O) groups is 1. The number of nitrogens with zero attached hydrogens (tertiary/aromatic N) is 1. The van der Waals surface area contributed by atoms with Crippen LogP contribution in [-0.2, 0) is 9.53 Å². The zero-order valence-electron chi connectivity index (χ0n) is 12.5. The van der Waals surface area contributed by atoms with Gasteiger partial charge in [0.2, 0.25) is 0 Å². The molecule has 0 radical (unpaired) electrons. The van der Waals surface area contributed by atoms with Gasteiger partial charge in [0.1, 0.15) is 6.04 Å². The number of carbonyl (C=O) groups excluding carboxylic acids is 1. The summed E-state index contributed by atoms with van der Waals surface area (Å²) in [5.74, 6) is -0.243. The van der Waals surface area contributed by atoms with Crippen LogP contribution >= 0.6 is 0 Å². The zero-order valence-corrected chi connectivity index (χ0v) is 12.5. The predicted octanol–water partition coefficient (Wildman–Crippen LogP) is 1.67. The van der Waals surface area contributed by atoms with E-state index in [1.54, 1.807) is 0 Å². The standard InChI is InChI=1S/C15H24N2O2/c1-11-6-7-12(2)13(10-11)14(15(18)19-5)16-8-9-17(3)4/h6-7,10,14,16H,8-9H2,1-5H3. The second kappa shape index (κ2) is 7.26. The fourth-order valence-corrected chi connectivity index (χ4v) is 1.94. The normalized spacial score (nSPS) is 12.5. The van der Waals surface area contributed by atoms with Crippen LogP contribution in [0.2, 0.25) is 0 Å². The van der Waals surface area contributed by atoms with E-state index in [-0.39, 0.29) is 5.97 Å². The highest BCUT2D eigenvalue weighted by Gasteiger charge is 2.22. The second-order valence-electron chi connectivity index (χ2n) is 5.07. The van der Waals surface area contributed by atoms with E-state index in [1.165, 1.54) is 7.11 Å². The number of benzene rings is 1. The van der Waals surface area contributed by atoms with E-state index in [9.17, 15) is 4.79 Å². The Balaban J connectivity index is 2.89. The van der Waals surface area contributed by atoms with E-state index in [0.29, 0.717) is 0 Å². The van der Waals surface area contributed by atoms with Crippen molar-refractivity contribution in [2.75, 3.05) is 34.3 Å². The topological polar surface area (TPSA) is 41.6 Å². The first-order chi connectivity index (χ1) is 8.95. The molecule has 4 nitrogen and oxygen atoms in total. The molecule has 4 heteroatoms. The Hall–Kier alpha value is -1.39. The highest BCUT2D eigenvalue weighted by molar-refractivity contribution is 5.78. The fourth-order valence-electron chi connectivity index (χ4n) is 1.94. The van der Waals surface area contributed by atoms with Crippen LogP contribution in [0.25, 0.3) is 0 Å². The first-order valence-corrected chi connectivity index (χ1v) is 6.48. The van der Waals surface area contributed by atoms with Crippen LogP contribution in [0.5, 0.6) is 0 Å². The van der Waals surface area contributed by atoms with Gasteiger partial charge < -0.3 is 9.64 Å². The number of likely N-dealkylation sites (N-methyl/N-ethyl adjacent to an activating group) is 1. The average molecular weight is 264 g/mol. The number of methoxy groups -OCH3 is 1. The summed E-state index contributed by atoms with van der Waals surface area (Å²) in [6.45, 7) is 5.65. The molecule has 1 aromatic rings. The minimum Gasteiger partial charge on any atom is -0.468 e. The molecule has 1 N–H and O–H groups in total. The van der Waals surface area contributed by atoms with Crippen molar-refractivity contribution < 1.29 is 9.53 Å². The molecular formula is C15H24N2O2. The van der Waals surface area contributed by atoms with Crippen molar-refractivity contribution in [1.82, 2.24) is 10.2 Å². The van der Waals surface area contributed by atoms with Crippen LogP contribution < -0.4 is 5.32 Å². The summed E-state index contributed by atoms with van der Waals surface area (Å²) in [6, 6.07) is 5.73. The molecule has 0 aromatic heterocycles. The number of ether oxygens (including phenoxy) is 1. The van der Waals surface area contributed by atoms with Crippen molar-refractivity contribution in [3.05, 3.63) is 34.9 Å². The Labute approximate surface area is 115 Å². The molecule has 0 saturated carbocycles. The summed E-state index contributed by atoms with van der Waals surface area (Å²) in [4.78, 5) is 14.0. The zero-order chi connectivity index (χ0) is 14.4. The smallest absolute Gasteiger partial charge is 0.327 e. The van der Waals surface area contributed by atoms with Crippen LogP contribution in [0.15, 0.2) is 18.2 Å². The first-order valence-electron chi connectivity index (χ1n) is 6.48. The minimum atomic E-state index is -0.398. The van der Waals surface area contributed by atoms with Crippen LogP contribution in [-0.4, -0.2) is 45.2 Å².